The maximum absolute atomic E-state index is 12.6. The Kier molecular flexibility index (Phi) is 4.09. The van der Waals surface area contributed by atoms with Gasteiger partial charge in [-0.05, 0) is 43.2 Å². The third kappa shape index (κ3) is 2.94. The topological polar surface area (TPSA) is 63.0 Å². The molecule has 3 rings (SSSR count). The van der Waals surface area contributed by atoms with Crippen molar-refractivity contribution in [3.05, 3.63) is 35.1 Å². The molecule has 23 heavy (non-hydrogen) atoms. The Balaban J connectivity index is 1.79. The van der Waals surface area contributed by atoms with Gasteiger partial charge in [0.05, 0.1) is 13.3 Å². The van der Waals surface area contributed by atoms with Crippen molar-refractivity contribution < 1.29 is 18.7 Å². The predicted octanol–water partition coefficient (Wildman–Crippen LogP) is 1.94. The molecule has 1 aromatic carbocycles. The minimum Gasteiger partial charge on any atom is -0.451 e. The molecule has 2 amide bonds. The summed E-state index contributed by atoms with van der Waals surface area (Å²) in [5.41, 5.74) is 2.96. The van der Waals surface area contributed by atoms with E-state index in [4.69, 9.17) is 9.15 Å². The lowest BCUT2D eigenvalue weighted by Gasteiger charge is -2.16. The number of hydrogen-bond donors (Lipinski definition) is 0. The number of furan rings is 1. The van der Waals surface area contributed by atoms with E-state index in [0.29, 0.717) is 18.7 Å². The van der Waals surface area contributed by atoms with Gasteiger partial charge in [0.1, 0.15) is 12.1 Å². The summed E-state index contributed by atoms with van der Waals surface area (Å²) in [5.74, 6) is -0.0608. The smallest absolute Gasteiger partial charge is 0.291 e. The average molecular weight is 316 g/mol. The Bertz CT molecular complexity index is 726. The normalized spacial score (nSPS) is 15.0. The largest absolute Gasteiger partial charge is 0.451 e. The molecule has 0 N–H and O–H groups in total. The fraction of sp³-hybridized carbons (Fsp3) is 0.412. The zero-order chi connectivity index (χ0) is 16.6. The molecule has 6 heteroatoms. The predicted molar refractivity (Wildman–Crippen MR) is 85.2 cm³/mol. The molecule has 1 aromatic heterocycles. The van der Waals surface area contributed by atoms with Crippen LogP contribution in [0.5, 0.6) is 0 Å². The van der Waals surface area contributed by atoms with Gasteiger partial charge in [0.15, 0.2) is 5.76 Å². The van der Waals surface area contributed by atoms with E-state index in [-0.39, 0.29) is 30.8 Å². The highest BCUT2D eigenvalue weighted by atomic mass is 16.5. The minimum atomic E-state index is -0.259. The first kappa shape index (κ1) is 15.6. The van der Waals surface area contributed by atoms with Crippen molar-refractivity contribution in [3.63, 3.8) is 0 Å². The van der Waals surface area contributed by atoms with E-state index in [2.05, 4.69) is 0 Å². The molecule has 6 nitrogen and oxygen atoms in total. The summed E-state index contributed by atoms with van der Waals surface area (Å²) in [5, 5.41) is 0.901. The molecule has 0 saturated carbocycles. The number of carbonyl (C=O) groups is 2. The molecule has 1 aliphatic heterocycles. The van der Waals surface area contributed by atoms with Crippen molar-refractivity contribution in [1.82, 2.24) is 9.80 Å². The van der Waals surface area contributed by atoms with Crippen LogP contribution in [0.4, 0.5) is 0 Å². The molecule has 0 bridgehead atoms. The van der Waals surface area contributed by atoms with Gasteiger partial charge in [-0.15, -0.1) is 0 Å². The molecule has 1 aliphatic rings. The zero-order valence-electron chi connectivity index (χ0n) is 13.6. The van der Waals surface area contributed by atoms with E-state index in [9.17, 15) is 9.59 Å². The van der Waals surface area contributed by atoms with Crippen molar-refractivity contribution in [2.24, 2.45) is 0 Å². The Labute approximate surface area is 134 Å². The second-order valence-corrected chi connectivity index (χ2v) is 5.88. The van der Waals surface area contributed by atoms with Gasteiger partial charge in [-0.3, -0.25) is 9.59 Å². The lowest BCUT2D eigenvalue weighted by Crippen LogP contribution is -2.32. The molecule has 0 atom stereocenters. The molecule has 0 radical (unpaired) electrons. The molecular weight excluding hydrogens is 296 g/mol. The van der Waals surface area contributed by atoms with Crippen molar-refractivity contribution in [2.45, 2.75) is 13.8 Å². The van der Waals surface area contributed by atoms with Crippen LogP contribution in [-0.4, -0.2) is 55.1 Å². The number of nitrogens with zero attached hydrogens (tertiary/aromatic N) is 2. The van der Waals surface area contributed by atoms with Gasteiger partial charge in [0, 0.05) is 19.0 Å². The second-order valence-electron chi connectivity index (χ2n) is 5.88. The first-order valence-electron chi connectivity index (χ1n) is 7.56. The number of benzene rings is 1. The average Bonchev–Trinajstić information content (AvgIpc) is 3.08. The van der Waals surface area contributed by atoms with E-state index >= 15 is 0 Å². The summed E-state index contributed by atoms with van der Waals surface area (Å²) in [6, 6.07) is 5.68. The Morgan fingerprint density at radius 3 is 2.74 bits per heavy atom. The van der Waals surface area contributed by atoms with E-state index < -0.39 is 0 Å². The van der Waals surface area contributed by atoms with E-state index in [1.54, 1.807) is 18.1 Å². The standard InChI is InChI=1S/C17H20N2O4/c1-11-6-13-8-15(23-14(13)7-12(11)2)17(21)19-9-16(20)18(10-19)4-5-22-3/h6-8H,4-5,9-10H2,1-3H3. The SMILES string of the molecule is COCCN1CN(C(=O)c2cc3cc(C)c(C)cc3o2)CC1=O. The van der Waals surface area contributed by atoms with Crippen molar-refractivity contribution in [3.8, 4) is 0 Å². The summed E-state index contributed by atoms with van der Waals surface area (Å²) in [6.07, 6.45) is 0. The van der Waals surface area contributed by atoms with Gasteiger partial charge in [0.2, 0.25) is 5.91 Å². The van der Waals surface area contributed by atoms with Gasteiger partial charge in [-0.25, -0.2) is 0 Å². The lowest BCUT2D eigenvalue weighted by atomic mass is 10.1. The van der Waals surface area contributed by atoms with Crippen LogP contribution in [0.25, 0.3) is 11.0 Å². The van der Waals surface area contributed by atoms with Crippen LogP contribution < -0.4 is 0 Å². The van der Waals surface area contributed by atoms with E-state index in [0.717, 1.165) is 16.5 Å². The number of methoxy groups -OCH3 is 1. The maximum atomic E-state index is 12.6. The van der Waals surface area contributed by atoms with E-state index in [1.165, 1.54) is 4.90 Å². The third-order valence-corrected chi connectivity index (χ3v) is 4.22. The summed E-state index contributed by atoms with van der Waals surface area (Å²) < 4.78 is 10.7. The Hall–Kier alpha value is -2.34. The summed E-state index contributed by atoms with van der Waals surface area (Å²) in [7, 11) is 1.59. The van der Waals surface area contributed by atoms with Crippen LogP contribution >= 0.6 is 0 Å². The molecular formula is C17H20N2O4. The number of ether oxygens (including phenoxy) is 1. The highest BCUT2D eigenvalue weighted by molar-refractivity contribution is 5.99. The maximum Gasteiger partial charge on any atom is 0.291 e. The monoisotopic (exact) mass is 316 g/mol. The van der Waals surface area contributed by atoms with Gasteiger partial charge in [-0.1, -0.05) is 0 Å². The lowest BCUT2D eigenvalue weighted by molar-refractivity contribution is -0.127. The Morgan fingerprint density at radius 2 is 2.00 bits per heavy atom. The summed E-state index contributed by atoms with van der Waals surface area (Å²) in [6.45, 7) is 5.32. The number of amides is 2. The third-order valence-electron chi connectivity index (χ3n) is 4.22. The van der Waals surface area contributed by atoms with Gasteiger partial charge in [-0.2, -0.15) is 0 Å². The molecule has 2 heterocycles. The fourth-order valence-electron chi connectivity index (χ4n) is 2.69. The van der Waals surface area contributed by atoms with Crippen LogP contribution in [0, 0.1) is 13.8 Å². The van der Waals surface area contributed by atoms with Crippen molar-refractivity contribution in [2.75, 3.05) is 33.5 Å². The molecule has 1 saturated heterocycles. The van der Waals surface area contributed by atoms with Crippen LogP contribution in [0.3, 0.4) is 0 Å². The Morgan fingerprint density at radius 1 is 1.26 bits per heavy atom. The van der Waals surface area contributed by atoms with Crippen LogP contribution in [0.15, 0.2) is 22.6 Å². The quantitative estimate of drug-likeness (QED) is 0.865. The highest BCUT2D eigenvalue weighted by Gasteiger charge is 2.32. The first-order valence-corrected chi connectivity index (χ1v) is 7.56. The van der Waals surface area contributed by atoms with Crippen LogP contribution in [0.2, 0.25) is 0 Å². The van der Waals surface area contributed by atoms with Gasteiger partial charge < -0.3 is 19.0 Å². The first-order chi connectivity index (χ1) is 11.0. The second kappa shape index (κ2) is 6.04. The zero-order valence-corrected chi connectivity index (χ0v) is 13.6. The van der Waals surface area contributed by atoms with Crippen LogP contribution in [-0.2, 0) is 9.53 Å². The highest BCUT2D eigenvalue weighted by Crippen LogP contribution is 2.24. The fourth-order valence-corrected chi connectivity index (χ4v) is 2.69. The van der Waals surface area contributed by atoms with Crippen molar-refractivity contribution >= 4 is 22.8 Å². The number of carbonyl (C=O) groups excluding carboxylic acids is 2. The van der Waals surface area contributed by atoms with Gasteiger partial charge >= 0.3 is 0 Å². The molecule has 1 fully saturated rings. The summed E-state index contributed by atoms with van der Waals surface area (Å²) >= 11 is 0. The molecule has 0 unspecified atom stereocenters. The summed E-state index contributed by atoms with van der Waals surface area (Å²) in [4.78, 5) is 27.6. The van der Waals surface area contributed by atoms with Crippen molar-refractivity contribution in [1.29, 1.82) is 0 Å². The minimum absolute atomic E-state index is 0.0711. The molecule has 0 aliphatic carbocycles. The van der Waals surface area contributed by atoms with E-state index in [1.807, 2.05) is 26.0 Å². The van der Waals surface area contributed by atoms with Crippen LogP contribution in [0.1, 0.15) is 21.7 Å². The number of rotatable bonds is 4. The molecule has 0 spiro atoms. The number of fused-ring (bicyclic) bond motifs is 1. The molecule has 122 valence electrons. The molecule has 2 aromatic rings. The number of aryl methyl sites for hydroxylation is 2. The van der Waals surface area contributed by atoms with Gasteiger partial charge in [0.25, 0.3) is 5.91 Å². The number of hydrogen-bond acceptors (Lipinski definition) is 4.